The number of unbranched alkanes of at least 4 members (excludes halogenated alkanes) is 22. The topological polar surface area (TPSA) is 78.9 Å². The lowest BCUT2D eigenvalue weighted by Crippen LogP contribution is -2.30. The minimum absolute atomic E-state index is 0.108. The molecule has 0 saturated heterocycles. The van der Waals surface area contributed by atoms with Crippen molar-refractivity contribution in [3.63, 3.8) is 0 Å². The number of rotatable bonds is 45. The average Bonchev–Trinajstić information content (AvgIpc) is 3.28. The van der Waals surface area contributed by atoms with Crippen molar-refractivity contribution in [1.82, 2.24) is 0 Å². The molecule has 63 heavy (non-hydrogen) atoms. The third kappa shape index (κ3) is 49.2. The van der Waals surface area contributed by atoms with E-state index in [9.17, 15) is 14.4 Å². The maximum absolute atomic E-state index is 12.8. The van der Waals surface area contributed by atoms with Gasteiger partial charge in [-0.1, -0.05) is 208 Å². The molecule has 0 fully saturated rings. The number of carbonyl (C=O) groups excluding carboxylic acids is 3. The maximum atomic E-state index is 12.8. The van der Waals surface area contributed by atoms with Gasteiger partial charge in [0.1, 0.15) is 13.2 Å². The highest BCUT2D eigenvalue weighted by molar-refractivity contribution is 5.71. The standard InChI is InChI=1S/C57H94O6/c1-4-7-10-13-16-19-21-23-25-27-29-31-33-35-38-41-44-47-50-56(59)62-53-54(52-61-55(58)49-46-43-40-37-18-15-12-9-6-3)63-57(60)51-48-45-42-39-36-34-32-30-28-26-24-22-20-17-14-11-8-5-2/h9,12,16,18-19,21,23,25-32,37,54H,4-8,10-11,13-15,17,20,22,24,33-36,38-53H2,1-3H3/b12-9-,19-16-,23-21-,27-25-,28-26-,31-29-,32-30-,37-18-. The van der Waals surface area contributed by atoms with Crippen LogP contribution >= 0.6 is 0 Å². The van der Waals surface area contributed by atoms with E-state index in [1.165, 1.54) is 70.6 Å². The summed E-state index contributed by atoms with van der Waals surface area (Å²) >= 11 is 0. The summed E-state index contributed by atoms with van der Waals surface area (Å²) in [5.74, 6) is -0.986. The molecule has 0 N–H and O–H groups in total. The van der Waals surface area contributed by atoms with Gasteiger partial charge in [-0.25, -0.2) is 0 Å². The molecule has 0 aliphatic carbocycles. The summed E-state index contributed by atoms with van der Waals surface area (Å²) in [7, 11) is 0. The van der Waals surface area contributed by atoms with E-state index in [-0.39, 0.29) is 31.1 Å². The van der Waals surface area contributed by atoms with Crippen LogP contribution in [0.2, 0.25) is 0 Å². The van der Waals surface area contributed by atoms with Crippen LogP contribution in [-0.4, -0.2) is 37.2 Å². The molecule has 0 aliphatic rings. The van der Waals surface area contributed by atoms with E-state index in [4.69, 9.17) is 14.2 Å². The van der Waals surface area contributed by atoms with E-state index in [0.717, 1.165) is 116 Å². The Kier molecular flexibility index (Phi) is 48.0. The Hall–Kier alpha value is -3.67. The number of esters is 3. The fourth-order valence-electron chi connectivity index (χ4n) is 6.78. The van der Waals surface area contributed by atoms with E-state index in [2.05, 4.69) is 118 Å². The summed E-state index contributed by atoms with van der Waals surface area (Å²) in [6.07, 6.45) is 66.9. The molecule has 6 heteroatoms. The van der Waals surface area contributed by atoms with Crippen molar-refractivity contribution < 1.29 is 28.6 Å². The minimum Gasteiger partial charge on any atom is -0.462 e. The third-order valence-corrected chi connectivity index (χ3v) is 10.7. The van der Waals surface area contributed by atoms with Crippen molar-refractivity contribution in [3.8, 4) is 0 Å². The molecule has 358 valence electrons. The van der Waals surface area contributed by atoms with Crippen molar-refractivity contribution in [2.45, 2.75) is 232 Å². The molecular formula is C57H94O6. The van der Waals surface area contributed by atoms with Crippen molar-refractivity contribution in [2.75, 3.05) is 13.2 Å². The van der Waals surface area contributed by atoms with Gasteiger partial charge >= 0.3 is 17.9 Å². The first-order valence-electron chi connectivity index (χ1n) is 25.8. The normalized spacial score (nSPS) is 12.9. The van der Waals surface area contributed by atoms with Crippen molar-refractivity contribution in [3.05, 3.63) is 97.2 Å². The minimum atomic E-state index is -0.808. The molecule has 0 heterocycles. The molecular weight excluding hydrogens is 781 g/mol. The smallest absolute Gasteiger partial charge is 0.306 e. The summed E-state index contributed by atoms with van der Waals surface area (Å²) in [5, 5.41) is 0. The fourth-order valence-corrected chi connectivity index (χ4v) is 6.78. The van der Waals surface area contributed by atoms with Gasteiger partial charge in [0.05, 0.1) is 0 Å². The van der Waals surface area contributed by atoms with Crippen molar-refractivity contribution in [1.29, 1.82) is 0 Å². The molecule has 0 aromatic carbocycles. The van der Waals surface area contributed by atoms with E-state index < -0.39 is 6.10 Å². The van der Waals surface area contributed by atoms with E-state index in [1.807, 2.05) is 0 Å². The predicted octanol–water partition coefficient (Wildman–Crippen LogP) is 17.0. The summed E-state index contributed by atoms with van der Waals surface area (Å²) < 4.78 is 16.7. The SMILES string of the molecule is CC/C=C\C/C=C\CCCCC(=O)OCC(COC(=O)CCCCCCC\C=C/C=C\C=C/C=C\CCCCC)OC(=O)CCCCCCC/C=C\C=C/CCCCCCCCC. The van der Waals surface area contributed by atoms with Crippen LogP contribution in [-0.2, 0) is 28.6 Å². The van der Waals surface area contributed by atoms with E-state index >= 15 is 0 Å². The predicted molar refractivity (Wildman–Crippen MR) is 270 cm³/mol. The van der Waals surface area contributed by atoms with Gasteiger partial charge in [0.15, 0.2) is 6.10 Å². The van der Waals surface area contributed by atoms with Gasteiger partial charge in [0, 0.05) is 19.3 Å². The average molecular weight is 875 g/mol. The maximum Gasteiger partial charge on any atom is 0.306 e. The largest absolute Gasteiger partial charge is 0.462 e. The summed E-state index contributed by atoms with van der Waals surface area (Å²) in [5.41, 5.74) is 0. The molecule has 0 radical (unpaired) electrons. The zero-order valence-electron chi connectivity index (χ0n) is 40.8. The first kappa shape index (κ1) is 59.3. The van der Waals surface area contributed by atoms with E-state index in [1.54, 1.807) is 0 Å². The molecule has 0 amide bonds. The first-order chi connectivity index (χ1) is 31.0. The highest BCUT2D eigenvalue weighted by Crippen LogP contribution is 2.13. The Morgan fingerprint density at radius 3 is 1.17 bits per heavy atom. The summed E-state index contributed by atoms with van der Waals surface area (Å²) in [6, 6.07) is 0. The number of hydrogen-bond acceptors (Lipinski definition) is 6. The second-order valence-electron chi connectivity index (χ2n) is 16.8. The van der Waals surface area contributed by atoms with Gasteiger partial charge in [0.2, 0.25) is 0 Å². The second-order valence-corrected chi connectivity index (χ2v) is 16.8. The summed E-state index contributed by atoms with van der Waals surface area (Å²) in [6.45, 7) is 6.39. The quantitative estimate of drug-likeness (QED) is 0.0199. The Morgan fingerprint density at radius 1 is 0.349 bits per heavy atom. The van der Waals surface area contributed by atoms with Crippen molar-refractivity contribution in [2.24, 2.45) is 0 Å². The number of carbonyl (C=O) groups is 3. The Labute approximate surface area is 387 Å². The highest BCUT2D eigenvalue weighted by Gasteiger charge is 2.19. The van der Waals surface area contributed by atoms with Crippen molar-refractivity contribution >= 4 is 17.9 Å². The molecule has 0 aromatic heterocycles. The molecule has 0 spiro atoms. The first-order valence-corrected chi connectivity index (χ1v) is 25.8. The lowest BCUT2D eigenvalue weighted by atomic mass is 10.1. The summed E-state index contributed by atoms with van der Waals surface area (Å²) in [4.78, 5) is 37.9. The van der Waals surface area contributed by atoms with E-state index in [0.29, 0.717) is 19.3 Å². The van der Waals surface area contributed by atoms with Crippen LogP contribution in [0.15, 0.2) is 97.2 Å². The fraction of sp³-hybridized carbons (Fsp3) is 0.667. The number of hydrogen-bond donors (Lipinski definition) is 0. The molecule has 0 aromatic rings. The lowest BCUT2D eigenvalue weighted by molar-refractivity contribution is -0.167. The molecule has 0 aliphatic heterocycles. The second kappa shape index (κ2) is 51.0. The molecule has 1 unspecified atom stereocenters. The zero-order valence-corrected chi connectivity index (χ0v) is 40.8. The van der Waals surface area contributed by atoms with Gasteiger partial charge < -0.3 is 14.2 Å². The monoisotopic (exact) mass is 875 g/mol. The molecule has 1 atom stereocenters. The Balaban J connectivity index is 4.44. The molecule has 0 rings (SSSR count). The van der Waals surface area contributed by atoms with Gasteiger partial charge in [-0.05, 0) is 96.3 Å². The van der Waals surface area contributed by atoms with Crippen LogP contribution in [0.5, 0.6) is 0 Å². The van der Waals surface area contributed by atoms with Crippen LogP contribution in [0, 0.1) is 0 Å². The molecule has 0 bridgehead atoms. The van der Waals surface area contributed by atoms with Crippen LogP contribution in [0.1, 0.15) is 226 Å². The van der Waals surface area contributed by atoms with Gasteiger partial charge in [0.25, 0.3) is 0 Å². The van der Waals surface area contributed by atoms with Gasteiger partial charge in [-0.3, -0.25) is 14.4 Å². The third-order valence-electron chi connectivity index (χ3n) is 10.7. The lowest BCUT2D eigenvalue weighted by Gasteiger charge is -2.18. The zero-order chi connectivity index (χ0) is 45.8. The van der Waals surface area contributed by atoms with Gasteiger partial charge in [-0.2, -0.15) is 0 Å². The Bertz CT molecular complexity index is 1280. The Morgan fingerprint density at radius 2 is 0.683 bits per heavy atom. The number of ether oxygens (including phenoxy) is 3. The highest BCUT2D eigenvalue weighted by atomic mass is 16.6. The number of allylic oxidation sites excluding steroid dienone is 16. The van der Waals surface area contributed by atoms with Crippen LogP contribution < -0.4 is 0 Å². The van der Waals surface area contributed by atoms with Gasteiger partial charge in [-0.15, -0.1) is 0 Å². The van der Waals surface area contributed by atoms with Crippen LogP contribution in [0.3, 0.4) is 0 Å². The molecule has 6 nitrogen and oxygen atoms in total. The molecule has 0 saturated carbocycles. The van der Waals surface area contributed by atoms with Crippen LogP contribution in [0.25, 0.3) is 0 Å². The van der Waals surface area contributed by atoms with Crippen LogP contribution in [0.4, 0.5) is 0 Å².